The summed E-state index contributed by atoms with van der Waals surface area (Å²) in [5.74, 6) is -3.22. The molecular formula is C8H11ClO8. The van der Waals surface area contributed by atoms with Gasteiger partial charge in [-0.2, -0.15) is 0 Å². The number of aliphatic hydroxyl groups excluding tert-OH is 3. The summed E-state index contributed by atoms with van der Waals surface area (Å²) in [5, 5.41) is 43.6. The van der Waals surface area contributed by atoms with Crippen molar-refractivity contribution < 1.29 is 39.9 Å². The molecule has 0 amide bonds. The number of hydrogen-bond donors (Lipinski definition) is 5. The Balaban J connectivity index is 5.25. The Labute approximate surface area is 100 Å². The Morgan fingerprint density at radius 1 is 1.18 bits per heavy atom. The van der Waals surface area contributed by atoms with Crippen molar-refractivity contribution in [3.05, 3.63) is 0 Å². The van der Waals surface area contributed by atoms with E-state index in [1.165, 1.54) is 0 Å². The lowest BCUT2D eigenvalue weighted by Crippen LogP contribution is -2.61. The fourth-order valence-electron chi connectivity index (χ4n) is 1.03. The summed E-state index contributed by atoms with van der Waals surface area (Å²) in [6.07, 6.45) is -7.54. The normalized spacial score (nSPS) is 19.9. The highest BCUT2D eigenvalue weighted by Gasteiger charge is 2.52. The van der Waals surface area contributed by atoms with Crippen molar-refractivity contribution in [2.24, 2.45) is 0 Å². The molecule has 0 radical (unpaired) electrons. The van der Waals surface area contributed by atoms with Crippen molar-refractivity contribution in [1.82, 2.24) is 0 Å². The first-order chi connectivity index (χ1) is 7.56. The molecule has 0 spiro atoms. The van der Waals surface area contributed by atoms with Crippen LogP contribution in [0.15, 0.2) is 0 Å². The van der Waals surface area contributed by atoms with Crippen LogP contribution < -0.4 is 0 Å². The second-order valence-electron chi connectivity index (χ2n) is 3.31. The van der Waals surface area contributed by atoms with Gasteiger partial charge in [-0.05, 0) is 18.5 Å². The van der Waals surface area contributed by atoms with E-state index in [2.05, 4.69) is 0 Å². The van der Waals surface area contributed by atoms with Gasteiger partial charge in [-0.1, -0.05) is 0 Å². The van der Waals surface area contributed by atoms with Gasteiger partial charge in [-0.3, -0.25) is 9.59 Å². The maximum absolute atomic E-state index is 11.0. The zero-order valence-electron chi connectivity index (χ0n) is 8.57. The van der Waals surface area contributed by atoms with Crippen molar-refractivity contribution in [1.29, 1.82) is 0 Å². The number of carbonyl (C=O) groups excluding carboxylic acids is 2. The maximum atomic E-state index is 11.0. The predicted octanol–water partition coefficient (Wildman–Crippen LogP) is -2.76. The van der Waals surface area contributed by atoms with Gasteiger partial charge in [-0.15, -0.1) is 0 Å². The summed E-state index contributed by atoms with van der Waals surface area (Å²) >= 11 is 4.89. The Kier molecular flexibility index (Phi) is 5.17. The van der Waals surface area contributed by atoms with Gasteiger partial charge >= 0.3 is 5.97 Å². The van der Waals surface area contributed by atoms with E-state index >= 15 is 0 Å². The second kappa shape index (κ2) is 5.52. The minimum absolute atomic E-state index is 0.698. The summed E-state index contributed by atoms with van der Waals surface area (Å²) in [6, 6.07) is 0. The summed E-state index contributed by atoms with van der Waals surface area (Å²) in [4.78, 5) is 32.1. The van der Waals surface area contributed by atoms with Crippen LogP contribution in [0.25, 0.3) is 0 Å². The van der Waals surface area contributed by atoms with Gasteiger partial charge in [0.1, 0.15) is 12.2 Å². The van der Waals surface area contributed by atoms with Gasteiger partial charge in [0.2, 0.25) is 5.60 Å². The van der Waals surface area contributed by atoms with Crippen molar-refractivity contribution in [2.45, 2.75) is 30.8 Å². The number of ketones is 1. The zero-order valence-corrected chi connectivity index (χ0v) is 9.33. The van der Waals surface area contributed by atoms with E-state index in [0.29, 0.717) is 6.92 Å². The molecule has 0 heterocycles. The monoisotopic (exact) mass is 270 g/mol. The molecule has 0 unspecified atom stereocenters. The summed E-state index contributed by atoms with van der Waals surface area (Å²) < 4.78 is 0. The van der Waals surface area contributed by atoms with Gasteiger partial charge in [0.15, 0.2) is 11.9 Å². The molecule has 9 heteroatoms. The van der Waals surface area contributed by atoms with E-state index in [1.807, 2.05) is 0 Å². The Hall–Kier alpha value is -1.06. The van der Waals surface area contributed by atoms with Crippen LogP contribution in [-0.4, -0.2) is 66.4 Å². The van der Waals surface area contributed by atoms with Crippen molar-refractivity contribution >= 4 is 28.6 Å². The number of hydrogen-bond acceptors (Lipinski definition) is 7. The van der Waals surface area contributed by atoms with Crippen molar-refractivity contribution in [3.8, 4) is 0 Å². The van der Waals surface area contributed by atoms with Crippen LogP contribution in [0.2, 0.25) is 0 Å². The summed E-state index contributed by atoms with van der Waals surface area (Å²) in [7, 11) is 0. The standard InChI is InChI=1S/C8H11ClO8/c1-2(10)8(17,7(9)16)5(13)3(11)4(12)6(14)15/h3-5,11-13,17H,1H3,(H,14,15)/t3-,4+,5+,8-/m1/s1. The third-order valence-corrected chi connectivity index (χ3v) is 2.45. The molecular weight excluding hydrogens is 260 g/mol. The van der Waals surface area contributed by atoms with Crippen LogP contribution in [-0.2, 0) is 14.4 Å². The molecule has 0 bridgehead atoms. The van der Waals surface area contributed by atoms with E-state index in [0.717, 1.165) is 0 Å². The first kappa shape index (κ1) is 15.9. The number of aliphatic hydroxyl groups is 4. The van der Waals surface area contributed by atoms with Crippen LogP contribution in [0, 0.1) is 0 Å². The Morgan fingerprint density at radius 3 is 1.82 bits per heavy atom. The molecule has 0 aliphatic heterocycles. The molecule has 98 valence electrons. The summed E-state index contributed by atoms with van der Waals surface area (Å²) in [5.41, 5.74) is -3.18. The quantitative estimate of drug-likeness (QED) is 0.257. The van der Waals surface area contributed by atoms with E-state index in [1.54, 1.807) is 0 Å². The fourth-order valence-corrected chi connectivity index (χ4v) is 1.27. The van der Waals surface area contributed by atoms with Crippen molar-refractivity contribution in [2.75, 3.05) is 0 Å². The first-order valence-electron chi connectivity index (χ1n) is 4.27. The highest BCUT2D eigenvalue weighted by molar-refractivity contribution is 6.67. The molecule has 0 fully saturated rings. The van der Waals surface area contributed by atoms with Gasteiger partial charge in [0.25, 0.3) is 5.24 Å². The molecule has 0 aromatic heterocycles. The van der Waals surface area contributed by atoms with Gasteiger partial charge in [0, 0.05) is 0 Å². The van der Waals surface area contributed by atoms with Gasteiger partial charge < -0.3 is 25.5 Å². The molecule has 0 aliphatic carbocycles. The van der Waals surface area contributed by atoms with Crippen LogP contribution in [0.5, 0.6) is 0 Å². The number of carbonyl (C=O) groups is 3. The number of Topliss-reactive ketones (excluding diaryl/α,β-unsaturated/α-hetero) is 1. The molecule has 0 aromatic carbocycles. The average molecular weight is 271 g/mol. The lowest BCUT2D eigenvalue weighted by Gasteiger charge is -2.30. The number of carboxylic acids is 1. The molecule has 0 aromatic rings. The highest BCUT2D eigenvalue weighted by atomic mass is 35.5. The molecule has 0 saturated carbocycles. The molecule has 0 aliphatic rings. The first-order valence-corrected chi connectivity index (χ1v) is 4.65. The molecule has 17 heavy (non-hydrogen) atoms. The number of rotatable bonds is 6. The SMILES string of the molecule is CC(=O)[C@](O)(C(=O)Cl)[C@@H](O)[C@H](O)[C@H](O)C(=O)O. The maximum Gasteiger partial charge on any atom is 0.335 e. The molecule has 0 rings (SSSR count). The van der Waals surface area contributed by atoms with Crippen LogP contribution >= 0.6 is 11.6 Å². The average Bonchev–Trinajstić information content (AvgIpc) is 2.23. The zero-order chi connectivity index (χ0) is 14.0. The van der Waals surface area contributed by atoms with Crippen LogP contribution in [0.4, 0.5) is 0 Å². The van der Waals surface area contributed by atoms with Crippen LogP contribution in [0.3, 0.4) is 0 Å². The number of halogens is 1. The third kappa shape index (κ3) is 2.99. The molecule has 8 nitrogen and oxygen atoms in total. The minimum atomic E-state index is -3.18. The number of aliphatic carboxylic acids is 1. The fraction of sp³-hybridized carbons (Fsp3) is 0.625. The van der Waals surface area contributed by atoms with Gasteiger partial charge in [-0.25, -0.2) is 4.79 Å². The van der Waals surface area contributed by atoms with Gasteiger partial charge in [0.05, 0.1) is 0 Å². The second-order valence-corrected chi connectivity index (χ2v) is 3.66. The predicted molar refractivity (Wildman–Crippen MR) is 52.1 cm³/mol. The topological polar surface area (TPSA) is 152 Å². The molecule has 4 atom stereocenters. The number of carboxylic acid groups (broad SMARTS) is 1. The molecule has 5 N–H and O–H groups in total. The Bertz CT molecular complexity index is 326. The third-order valence-electron chi connectivity index (χ3n) is 2.16. The highest BCUT2D eigenvalue weighted by Crippen LogP contribution is 2.20. The summed E-state index contributed by atoms with van der Waals surface area (Å²) in [6.45, 7) is 0.698. The smallest absolute Gasteiger partial charge is 0.335 e. The van der Waals surface area contributed by atoms with E-state index in [-0.39, 0.29) is 0 Å². The van der Waals surface area contributed by atoms with E-state index < -0.39 is 40.9 Å². The molecule has 0 saturated heterocycles. The lowest BCUT2D eigenvalue weighted by molar-refractivity contribution is -0.181. The Morgan fingerprint density at radius 2 is 1.59 bits per heavy atom. The van der Waals surface area contributed by atoms with E-state index in [9.17, 15) is 29.7 Å². The van der Waals surface area contributed by atoms with Crippen molar-refractivity contribution in [3.63, 3.8) is 0 Å². The largest absolute Gasteiger partial charge is 0.479 e. The van der Waals surface area contributed by atoms with E-state index in [4.69, 9.17) is 21.8 Å². The minimum Gasteiger partial charge on any atom is -0.479 e. The van der Waals surface area contributed by atoms with Crippen LogP contribution in [0.1, 0.15) is 6.92 Å². The lowest BCUT2D eigenvalue weighted by atomic mass is 9.88.